The quantitative estimate of drug-likeness (QED) is 0.636. The van der Waals surface area contributed by atoms with Crippen molar-refractivity contribution in [3.8, 4) is 22.5 Å². The minimum Gasteiger partial charge on any atom is -0.366 e. The van der Waals surface area contributed by atoms with Gasteiger partial charge >= 0.3 is 0 Å². The maximum Gasteiger partial charge on any atom is 0.104 e. The fraction of sp³-hybridized carbons (Fsp3) is 0.167. The molecular weight excluding hydrogens is 272 g/mol. The van der Waals surface area contributed by atoms with Crippen molar-refractivity contribution in [2.45, 2.75) is 12.5 Å². The van der Waals surface area contributed by atoms with Crippen LogP contribution in [-0.4, -0.2) is 22.5 Å². The Balaban J connectivity index is 1.89. The van der Waals surface area contributed by atoms with Crippen LogP contribution in [0.25, 0.3) is 22.5 Å². The molecule has 22 heavy (non-hydrogen) atoms. The standard InChI is InChI=1S/C18H14N4/c1-22-14-9-5-4-8-13(14)18-16-15(22)10-11-6-2-3-7-12(11)17(16)19-21-20-18/h2-9,15H,10H2,1H3. The van der Waals surface area contributed by atoms with Crippen LogP contribution in [0.1, 0.15) is 17.2 Å². The lowest BCUT2D eigenvalue weighted by atomic mass is 9.80. The largest absolute Gasteiger partial charge is 0.366 e. The Hall–Kier alpha value is -2.75. The third-order valence-electron chi connectivity index (χ3n) is 4.83. The third kappa shape index (κ3) is 1.39. The van der Waals surface area contributed by atoms with E-state index in [2.05, 4.69) is 75.9 Å². The maximum absolute atomic E-state index is 4.37. The summed E-state index contributed by atoms with van der Waals surface area (Å²) in [5, 5.41) is 12.8. The summed E-state index contributed by atoms with van der Waals surface area (Å²) >= 11 is 0. The number of aromatic nitrogens is 3. The van der Waals surface area contributed by atoms with E-state index < -0.39 is 0 Å². The molecule has 0 fully saturated rings. The molecule has 0 bridgehead atoms. The first-order valence-corrected chi connectivity index (χ1v) is 7.48. The molecule has 2 aromatic carbocycles. The molecule has 106 valence electrons. The van der Waals surface area contributed by atoms with Gasteiger partial charge in [-0.2, -0.15) is 0 Å². The third-order valence-corrected chi connectivity index (χ3v) is 4.83. The van der Waals surface area contributed by atoms with Crippen molar-refractivity contribution in [2.24, 2.45) is 0 Å². The zero-order valence-corrected chi connectivity index (χ0v) is 12.2. The molecule has 2 heterocycles. The first kappa shape index (κ1) is 11.9. The van der Waals surface area contributed by atoms with Gasteiger partial charge in [0.25, 0.3) is 0 Å². The lowest BCUT2D eigenvalue weighted by Gasteiger charge is -2.40. The van der Waals surface area contributed by atoms with Gasteiger partial charge in [0, 0.05) is 29.4 Å². The van der Waals surface area contributed by atoms with Crippen LogP contribution in [0.5, 0.6) is 0 Å². The van der Waals surface area contributed by atoms with Crippen molar-refractivity contribution in [2.75, 3.05) is 11.9 Å². The SMILES string of the molecule is CN1c2ccccc2-c2nnnc3c2C1Cc1ccccc1-3. The Morgan fingerprint density at radius 2 is 1.59 bits per heavy atom. The zero-order valence-electron chi connectivity index (χ0n) is 12.2. The molecule has 0 saturated carbocycles. The molecule has 1 aliphatic carbocycles. The van der Waals surface area contributed by atoms with Crippen molar-refractivity contribution in [1.29, 1.82) is 0 Å². The van der Waals surface area contributed by atoms with Gasteiger partial charge in [-0.3, -0.25) is 0 Å². The van der Waals surface area contributed by atoms with E-state index in [-0.39, 0.29) is 6.04 Å². The highest BCUT2D eigenvalue weighted by Crippen LogP contribution is 2.49. The Kier molecular flexibility index (Phi) is 2.23. The number of anilines is 1. The first-order chi connectivity index (χ1) is 10.8. The van der Waals surface area contributed by atoms with E-state index in [1.165, 1.54) is 22.4 Å². The second kappa shape index (κ2) is 4.13. The minimum absolute atomic E-state index is 0.276. The van der Waals surface area contributed by atoms with Crippen LogP contribution in [0.3, 0.4) is 0 Å². The van der Waals surface area contributed by atoms with E-state index >= 15 is 0 Å². The highest BCUT2D eigenvalue weighted by Gasteiger charge is 2.36. The van der Waals surface area contributed by atoms with E-state index in [0.29, 0.717) is 0 Å². The Labute approximate surface area is 128 Å². The molecule has 0 radical (unpaired) electrons. The molecule has 1 unspecified atom stereocenters. The molecule has 4 nitrogen and oxygen atoms in total. The van der Waals surface area contributed by atoms with Crippen LogP contribution in [0.4, 0.5) is 5.69 Å². The molecule has 3 aromatic rings. The Bertz CT molecular complexity index is 889. The van der Waals surface area contributed by atoms with Crippen molar-refractivity contribution < 1.29 is 0 Å². The fourth-order valence-corrected chi connectivity index (χ4v) is 3.76. The average Bonchev–Trinajstić information content (AvgIpc) is 2.59. The Morgan fingerprint density at radius 1 is 0.909 bits per heavy atom. The van der Waals surface area contributed by atoms with Gasteiger partial charge in [-0.05, 0) is 23.3 Å². The first-order valence-electron chi connectivity index (χ1n) is 7.48. The lowest BCUT2D eigenvalue weighted by Crippen LogP contribution is -2.33. The molecular formula is C18H14N4. The number of benzene rings is 2. The predicted octanol–water partition coefficient (Wildman–Crippen LogP) is 3.25. The molecule has 1 atom stereocenters. The number of likely N-dealkylation sites (N-methyl/N-ethyl adjacent to an activating group) is 1. The molecule has 0 saturated heterocycles. The van der Waals surface area contributed by atoms with Crippen molar-refractivity contribution in [3.05, 3.63) is 59.7 Å². The van der Waals surface area contributed by atoms with E-state index in [9.17, 15) is 0 Å². The smallest absolute Gasteiger partial charge is 0.104 e. The number of fused-ring (bicyclic) bond motifs is 4. The second-order valence-corrected chi connectivity index (χ2v) is 5.91. The molecule has 5 rings (SSSR count). The summed E-state index contributed by atoms with van der Waals surface area (Å²) in [6, 6.07) is 17.2. The molecule has 0 N–H and O–H groups in total. The summed E-state index contributed by atoms with van der Waals surface area (Å²) in [5.41, 5.74) is 8.07. The van der Waals surface area contributed by atoms with E-state index in [1.54, 1.807) is 0 Å². The van der Waals surface area contributed by atoms with Crippen molar-refractivity contribution >= 4 is 5.69 Å². The monoisotopic (exact) mass is 286 g/mol. The van der Waals surface area contributed by atoms with Gasteiger partial charge in [0.05, 0.1) is 6.04 Å². The second-order valence-electron chi connectivity index (χ2n) is 5.91. The highest BCUT2D eigenvalue weighted by atomic mass is 15.3. The van der Waals surface area contributed by atoms with E-state index in [0.717, 1.165) is 23.4 Å². The summed E-state index contributed by atoms with van der Waals surface area (Å²) in [5.74, 6) is 0. The van der Waals surface area contributed by atoms with Gasteiger partial charge in [0.15, 0.2) is 0 Å². The van der Waals surface area contributed by atoms with Crippen molar-refractivity contribution in [3.63, 3.8) is 0 Å². The molecule has 1 aliphatic heterocycles. The van der Waals surface area contributed by atoms with Gasteiger partial charge in [0.1, 0.15) is 11.4 Å². The van der Waals surface area contributed by atoms with E-state index in [4.69, 9.17) is 0 Å². The van der Waals surface area contributed by atoms with Crippen LogP contribution in [0.2, 0.25) is 0 Å². The van der Waals surface area contributed by atoms with Crippen LogP contribution < -0.4 is 4.90 Å². The van der Waals surface area contributed by atoms with Gasteiger partial charge in [-0.1, -0.05) is 42.5 Å². The molecule has 2 aliphatic rings. The summed E-state index contributed by atoms with van der Waals surface area (Å²) in [6.07, 6.45) is 0.981. The Morgan fingerprint density at radius 3 is 2.45 bits per heavy atom. The fourth-order valence-electron chi connectivity index (χ4n) is 3.76. The number of hydrogen-bond donors (Lipinski definition) is 0. The van der Waals surface area contributed by atoms with Crippen LogP contribution >= 0.6 is 0 Å². The summed E-state index contributed by atoms with van der Waals surface area (Å²) < 4.78 is 0. The van der Waals surface area contributed by atoms with Crippen molar-refractivity contribution in [1.82, 2.24) is 15.4 Å². The maximum atomic E-state index is 4.37. The van der Waals surface area contributed by atoms with Crippen LogP contribution in [0, 0.1) is 0 Å². The zero-order chi connectivity index (χ0) is 14.7. The molecule has 0 spiro atoms. The highest BCUT2D eigenvalue weighted by molar-refractivity contribution is 5.87. The molecule has 0 amide bonds. The van der Waals surface area contributed by atoms with E-state index in [1.807, 2.05) is 0 Å². The molecule has 4 heteroatoms. The number of rotatable bonds is 0. The van der Waals surface area contributed by atoms with Crippen LogP contribution in [-0.2, 0) is 6.42 Å². The number of hydrogen-bond acceptors (Lipinski definition) is 4. The topological polar surface area (TPSA) is 41.9 Å². The summed E-state index contributed by atoms with van der Waals surface area (Å²) in [4.78, 5) is 2.35. The summed E-state index contributed by atoms with van der Waals surface area (Å²) in [6.45, 7) is 0. The minimum atomic E-state index is 0.276. The number of nitrogens with zero attached hydrogens (tertiary/aromatic N) is 4. The lowest BCUT2D eigenvalue weighted by molar-refractivity contribution is 0.636. The summed E-state index contributed by atoms with van der Waals surface area (Å²) in [7, 11) is 2.16. The normalized spacial score (nSPS) is 17.5. The van der Waals surface area contributed by atoms with Gasteiger partial charge in [-0.15, -0.1) is 10.2 Å². The predicted molar refractivity (Wildman–Crippen MR) is 85.5 cm³/mol. The van der Waals surface area contributed by atoms with Gasteiger partial charge < -0.3 is 4.90 Å². The van der Waals surface area contributed by atoms with Crippen LogP contribution in [0.15, 0.2) is 48.5 Å². The van der Waals surface area contributed by atoms with Gasteiger partial charge in [-0.25, -0.2) is 0 Å². The van der Waals surface area contributed by atoms with Gasteiger partial charge in [0.2, 0.25) is 0 Å². The number of para-hydroxylation sites is 1. The molecule has 1 aromatic heterocycles. The average molecular weight is 286 g/mol.